The zero-order valence-corrected chi connectivity index (χ0v) is 14.1. The Morgan fingerprint density at radius 2 is 1.60 bits per heavy atom. The number of hydrogen-bond acceptors (Lipinski definition) is 4. The van der Waals surface area contributed by atoms with Gasteiger partial charge in [-0.1, -0.05) is 24.3 Å². The van der Waals surface area contributed by atoms with E-state index in [9.17, 15) is 14.0 Å². The summed E-state index contributed by atoms with van der Waals surface area (Å²) in [5.74, 6) is -0.520. The molecule has 132 valence electrons. The third kappa shape index (κ3) is 5.60. The van der Waals surface area contributed by atoms with E-state index in [1.54, 1.807) is 19.2 Å². The van der Waals surface area contributed by atoms with Crippen LogP contribution in [0.1, 0.15) is 11.1 Å². The second-order valence-corrected chi connectivity index (χ2v) is 5.50. The number of ether oxygens (including phenoxy) is 2. The zero-order chi connectivity index (χ0) is 18.2. The molecule has 0 aliphatic heterocycles. The Bertz CT molecular complexity index is 713. The fourth-order valence-electron chi connectivity index (χ4n) is 2.37. The van der Waals surface area contributed by atoms with Gasteiger partial charge in [0.1, 0.15) is 17.6 Å². The second-order valence-electron chi connectivity index (χ2n) is 5.50. The van der Waals surface area contributed by atoms with E-state index in [0.29, 0.717) is 17.7 Å². The van der Waals surface area contributed by atoms with E-state index in [1.807, 2.05) is 12.1 Å². The number of carbonyl (C=O) groups is 2. The fourth-order valence-corrected chi connectivity index (χ4v) is 2.37. The van der Waals surface area contributed by atoms with Gasteiger partial charge in [0, 0.05) is 6.42 Å². The molecule has 0 spiro atoms. The maximum atomic E-state index is 12.9. The molecule has 2 aromatic rings. The highest BCUT2D eigenvalue weighted by atomic mass is 19.1. The van der Waals surface area contributed by atoms with Crippen molar-refractivity contribution in [2.45, 2.75) is 18.9 Å². The Morgan fingerprint density at radius 1 is 1.00 bits per heavy atom. The molecule has 0 saturated heterocycles. The second kappa shape index (κ2) is 8.82. The Morgan fingerprint density at radius 3 is 2.16 bits per heavy atom. The van der Waals surface area contributed by atoms with E-state index in [2.05, 4.69) is 5.32 Å². The lowest BCUT2D eigenvalue weighted by Crippen LogP contribution is -2.43. The van der Waals surface area contributed by atoms with Gasteiger partial charge >= 0.3 is 5.97 Å². The largest absolute Gasteiger partial charge is 0.497 e. The van der Waals surface area contributed by atoms with Crippen LogP contribution < -0.4 is 10.1 Å². The molecule has 0 aromatic heterocycles. The lowest BCUT2D eigenvalue weighted by atomic mass is 10.0. The predicted molar refractivity (Wildman–Crippen MR) is 90.7 cm³/mol. The van der Waals surface area contributed by atoms with Gasteiger partial charge in [-0.05, 0) is 35.4 Å². The maximum absolute atomic E-state index is 12.9. The van der Waals surface area contributed by atoms with Gasteiger partial charge in [0.25, 0.3) is 0 Å². The van der Waals surface area contributed by atoms with Crippen LogP contribution in [0.15, 0.2) is 48.5 Å². The molecule has 0 bridgehead atoms. The Hall–Kier alpha value is -2.89. The first-order valence-electron chi connectivity index (χ1n) is 7.76. The van der Waals surface area contributed by atoms with Crippen LogP contribution in [0, 0.1) is 5.82 Å². The Kier molecular flexibility index (Phi) is 6.51. The zero-order valence-electron chi connectivity index (χ0n) is 14.1. The lowest BCUT2D eigenvalue weighted by molar-refractivity contribution is -0.145. The number of amides is 1. The van der Waals surface area contributed by atoms with Gasteiger partial charge in [-0.2, -0.15) is 0 Å². The smallest absolute Gasteiger partial charge is 0.328 e. The molecular formula is C19H20FNO4. The summed E-state index contributed by atoms with van der Waals surface area (Å²) in [6.45, 7) is 0. The molecule has 0 fully saturated rings. The van der Waals surface area contributed by atoms with Crippen LogP contribution in [0.2, 0.25) is 0 Å². The minimum atomic E-state index is -0.800. The summed E-state index contributed by atoms with van der Waals surface area (Å²) in [7, 11) is 2.84. The van der Waals surface area contributed by atoms with Crippen molar-refractivity contribution in [3.8, 4) is 5.75 Å². The quantitative estimate of drug-likeness (QED) is 0.782. The van der Waals surface area contributed by atoms with Gasteiger partial charge in [0.15, 0.2) is 0 Å². The summed E-state index contributed by atoms with van der Waals surface area (Å²) < 4.78 is 22.8. The number of nitrogens with one attached hydrogen (secondary N) is 1. The third-order valence-corrected chi connectivity index (χ3v) is 3.70. The van der Waals surface area contributed by atoms with Gasteiger partial charge in [0.05, 0.1) is 20.6 Å². The molecule has 5 nitrogen and oxygen atoms in total. The van der Waals surface area contributed by atoms with E-state index in [-0.39, 0.29) is 18.1 Å². The molecule has 0 aliphatic rings. The third-order valence-electron chi connectivity index (χ3n) is 3.70. The molecule has 0 saturated carbocycles. The molecule has 25 heavy (non-hydrogen) atoms. The summed E-state index contributed by atoms with van der Waals surface area (Å²) in [5.41, 5.74) is 1.52. The van der Waals surface area contributed by atoms with Crippen molar-refractivity contribution in [2.24, 2.45) is 0 Å². The van der Waals surface area contributed by atoms with E-state index in [0.717, 1.165) is 5.56 Å². The van der Waals surface area contributed by atoms with Crippen molar-refractivity contribution in [3.05, 3.63) is 65.5 Å². The SMILES string of the molecule is COC(=O)[C@@H](Cc1ccc(OC)cc1)NC(=O)Cc1ccc(F)cc1. The van der Waals surface area contributed by atoms with Gasteiger partial charge in [-0.3, -0.25) is 4.79 Å². The number of methoxy groups -OCH3 is 2. The van der Waals surface area contributed by atoms with E-state index in [1.165, 1.54) is 31.4 Å². The van der Waals surface area contributed by atoms with Crippen molar-refractivity contribution >= 4 is 11.9 Å². The van der Waals surface area contributed by atoms with E-state index >= 15 is 0 Å². The average molecular weight is 345 g/mol. The molecular weight excluding hydrogens is 325 g/mol. The van der Waals surface area contributed by atoms with Crippen LogP contribution in [-0.2, 0) is 27.2 Å². The molecule has 2 aromatic carbocycles. The van der Waals surface area contributed by atoms with Crippen molar-refractivity contribution in [3.63, 3.8) is 0 Å². The minimum Gasteiger partial charge on any atom is -0.497 e. The summed E-state index contributed by atoms with van der Waals surface area (Å²) >= 11 is 0. The van der Waals surface area contributed by atoms with Crippen LogP contribution >= 0.6 is 0 Å². The van der Waals surface area contributed by atoms with Crippen LogP contribution in [0.3, 0.4) is 0 Å². The Labute approximate surface area is 145 Å². The molecule has 2 rings (SSSR count). The van der Waals surface area contributed by atoms with Crippen molar-refractivity contribution in [1.82, 2.24) is 5.32 Å². The monoisotopic (exact) mass is 345 g/mol. The van der Waals surface area contributed by atoms with Crippen LogP contribution in [-0.4, -0.2) is 32.1 Å². The van der Waals surface area contributed by atoms with Gasteiger partial charge in [-0.25, -0.2) is 9.18 Å². The van der Waals surface area contributed by atoms with Gasteiger partial charge < -0.3 is 14.8 Å². The van der Waals surface area contributed by atoms with Crippen molar-refractivity contribution in [2.75, 3.05) is 14.2 Å². The average Bonchev–Trinajstić information content (AvgIpc) is 2.63. The summed E-state index contributed by atoms with van der Waals surface area (Å²) in [4.78, 5) is 24.1. The fraction of sp³-hybridized carbons (Fsp3) is 0.263. The predicted octanol–water partition coefficient (Wildman–Crippen LogP) is 2.28. The number of carbonyl (C=O) groups excluding carboxylic acids is 2. The number of benzene rings is 2. The molecule has 1 N–H and O–H groups in total. The topological polar surface area (TPSA) is 64.6 Å². The maximum Gasteiger partial charge on any atom is 0.328 e. The number of rotatable bonds is 7. The minimum absolute atomic E-state index is 0.0520. The molecule has 1 atom stereocenters. The van der Waals surface area contributed by atoms with E-state index in [4.69, 9.17) is 9.47 Å². The molecule has 0 unspecified atom stereocenters. The molecule has 0 aliphatic carbocycles. The Balaban J connectivity index is 2.02. The van der Waals surface area contributed by atoms with E-state index < -0.39 is 12.0 Å². The first-order chi connectivity index (χ1) is 12.0. The van der Waals surface area contributed by atoms with Crippen molar-refractivity contribution in [1.29, 1.82) is 0 Å². The molecule has 0 heterocycles. The summed E-state index contributed by atoms with van der Waals surface area (Å²) in [6.07, 6.45) is 0.349. The van der Waals surface area contributed by atoms with Gasteiger partial charge in [-0.15, -0.1) is 0 Å². The standard InChI is InChI=1S/C19H20FNO4/c1-24-16-9-5-13(6-10-16)11-17(19(23)25-2)21-18(22)12-14-3-7-15(20)8-4-14/h3-10,17H,11-12H2,1-2H3,(H,21,22)/t17-/m1/s1. The van der Waals surface area contributed by atoms with Crippen LogP contribution in [0.5, 0.6) is 5.75 Å². The van der Waals surface area contributed by atoms with Crippen molar-refractivity contribution < 1.29 is 23.5 Å². The van der Waals surface area contributed by atoms with Crippen LogP contribution in [0.25, 0.3) is 0 Å². The lowest BCUT2D eigenvalue weighted by Gasteiger charge is -2.17. The highest BCUT2D eigenvalue weighted by Crippen LogP contribution is 2.13. The highest BCUT2D eigenvalue weighted by molar-refractivity contribution is 5.85. The summed E-state index contributed by atoms with van der Waals surface area (Å²) in [6, 6.07) is 12.0. The highest BCUT2D eigenvalue weighted by Gasteiger charge is 2.22. The molecule has 6 heteroatoms. The first-order valence-corrected chi connectivity index (χ1v) is 7.76. The number of hydrogen-bond donors (Lipinski definition) is 1. The first kappa shape index (κ1) is 18.4. The molecule has 1 amide bonds. The number of halogens is 1. The van der Waals surface area contributed by atoms with Gasteiger partial charge in [0.2, 0.25) is 5.91 Å². The normalized spacial score (nSPS) is 11.5. The van der Waals surface area contributed by atoms with Crippen LogP contribution in [0.4, 0.5) is 4.39 Å². The summed E-state index contributed by atoms with van der Waals surface area (Å²) in [5, 5.41) is 2.67. The molecule has 0 radical (unpaired) electrons. The number of esters is 1.